The van der Waals surface area contributed by atoms with Gasteiger partial charge in [0.25, 0.3) is 0 Å². The minimum Gasteiger partial charge on any atom is -0.355 e. The van der Waals surface area contributed by atoms with Crippen LogP contribution in [0.4, 0.5) is 0 Å². The summed E-state index contributed by atoms with van der Waals surface area (Å²) in [6.45, 7) is 3.37. The van der Waals surface area contributed by atoms with E-state index >= 15 is 0 Å². The van der Waals surface area contributed by atoms with Gasteiger partial charge >= 0.3 is 0 Å². The van der Waals surface area contributed by atoms with Gasteiger partial charge in [-0.15, -0.1) is 0 Å². The summed E-state index contributed by atoms with van der Waals surface area (Å²) in [7, 11) is -3.37. The molecule has 1 aliphatic heterocycles. The molecule has 5 nitrogen and oxygen atoms in total. The van der Waals surface area contributed by atoms with Crippen molar-refractivity contribution in [1.29, 1.82) is 0 Å². The van der Waals surface area contributed by atoms with Gasteiger partial charge in [0.1, 0.15) is 0 Å². The smallest absolute Gasteiger partial charge is 0.223 e. The maximum absolute atomic E-state index is 12.7. The molecular weight excluding hydrogens is 452 g/mol. The van der Waals surface area contributed by atoms with Crippen LogP contribution in [0.2, 0.25) is 5.02 Å². The number of aryl methyl sites for hydroxylation is 1. The average Bonchev–Trinajstić information content (AvgIpc) is 2.74. The van der Waals surface area contributed by atoms with Gasteiger partial charge in [-0.25, -0.2) is 12.7 Å². The number of nitrogens with zero attached hydrogens (tertiary/aromatic N) is 1. The lowest BCUT2D eigenvalue weighted by Crippen LogP contribution is -2.43. The Morgan fingerprint density at radius 3 is 2.52 bits per heavy atom. The predicted octanol–water partition coefficient (Wildman–Crippen LogP) is 4.24. The molecule has 0 spiro atoms. The summed E-state index contributed by atoms with van der Waals surface area (Å²) in [5.74, 6) is 1.63. The maximum Gasteiger partial charge on any atom is 0.223 e. The zero-order chi connectivity index (χ0) is 22.3. The lowest BCUT2D eigenvalue weighted by Gasteiger charge is -2.30. The highest BCUT2D eigenvalue weighted by Crippen LogP contribution is 2.22. The van der Waals surface area contributed by atoms with E-state index in [1.54, 1.807) is 11.8 Å². The predicted molar refractivity (Wildman–Crippen MR) is 129 cm³/mol. The zero-order valence-electron chi connectivity index (χ0n) is 17.7. The van der Waals surface area contributed by atoms with Crippen molar-refractivity contribution in [3.8, 4) is 0 Å². The average molecular weight is 481 g/mol. The van der Waals surface area contributed by atoms with Crippen molar-refractivity contribution in [3.63, 3.8) is 0 Å². The fourth-order valence-electron chi connectivity index (χ4n) is 3.66. The molecular formula is C23H29ClN2O3S2. The molecule has 1 fully saturated rings. The monoisotopic (exact) mass is 480 g/mol. The normalized spacial score (nSPS) is 15.7. The number of amides is 1. The first kappa shape index (κ1) is 24.1. The van der Waals surface area contributed by atoms with E-state index in [9.17, 15) is 13.2 Å². The first-order valence-electron chi connectivity index (χ1n) is 10.5. The topological polar surface area (TPSA) is 66.5 Å². The second-order valence-corrected chi connectivity index (χ2v) is 11.4. The number of nitrogens with one attached hydrogen (secondary N) is 1. The number of carbonyl (C=O) groups excluding carboxylic acids is 1. The Bertz CT molecular complexity index is 973. The fraction of sp³-hybridized carbons (Fsp3) is 0.435. The molecule has 3 rings (SSSR count). The van der Waals surface area contributed by atoms with E-state index in [0.717, 1.165) is 27.7 Å². The Hall–Kier alpha value is -1.54. The van der Waals surface area contributed by atoms with Crippen LogP contribution in [0.25, 0.3) is 0 Å². The van der Waals surface area contributed by atoms with Crippen molar-refractivity contribution >= 4 is 39.3 Å². The van der Waals surface area contributed by atoms with E-state index in [2.05, 4.69) is 5.32 Å². The molecule has 0 aromatic heterocycles. The molecule has 2 aromatic carbocycles. The van der Waals surface area contributed by atoms with Crippen molar-refractivity contribution in [2.24, 2.45) is 5.92 Å². The molecule has 0 bridgehead atoms. The molecule has 1 amide bonds. The number of thioether (sulfide) groups is 1. The Morgan fingerprint density at radius 2 is 1.84 bits per heavy atom. The molecule has 1 heterocycles. The third-order valence-corrected chi connectivity index (χ3v) is 8.51. The first-order chi connectivity index (χ1) is 14.8. The van der Waals surface area contributed by atoms with E-state index in [0.29, 0.717) is 32.5 Å². The van der Waals surface area contributed by atoms with Crippen LogP contribution >= 0.6 is 23.4 Å². The molecule has 8 heteroatoms. The molecule has 2 aromatic rings. The SMILES string of the molecule is Cc1cccc(CS(=O)(=O)N2CCC(C(=O)NCCSCc3ccc(Cl)cc3)CC2)c1. The summed E-state index contributed by atoms with van der Waals surface area (Å²) in [5, 5.41) is 3.73. The van der Waals surface area contributed by atoms with Crippen molar-refractivity contribution < 1.29 is 13.2 Å². The minimum atomic E-state index is -3.37. The van der Waals surface area contributed by atoms with Gasteiger partial charge < -0.3 is 5.32 Å². The summed E-state index contributed by atoms with van der Waals surface area (Å²) in [6, 6.07) is 15.4. The van der Waals surface area contributed by atoms with Gasteiger partial charge in [-0.2, -0.15) is 11.8 Å². The fourth-order valence-corrected chi connectivity index (χ4v) is 6.16. The molecule has 168 valence electrons. The first-order valence-corrected chi connectivity index (χ1v) is 13.6. The third-order valence-electron chi connectivity index (χ3n) is 5.38. The van der Waals surface area contributed by atoms with Crippen LogP contribution in [0.3, 0.4) is 0 Å². The van der Waals surface area contributed by atoms with Crippen LogP contribution in [0.15, 0.2) is 48.5 Å². The minimum absolute atomic E-state index is 0.0103. The highest BCUT2D eigenvalue weighted by atomic mass is 35.5. The number of sulfonamides is 1. The lowest BCUT2D eigenvalue weighted by molar-refractivity contribution is -0.125. The molecule has 0 aliphatic carbocycles. The number of hydrogen-bond donors (Lipinski definition) is 1. The van der Waals surface area contributed by atoms with Gasteiger partial charge in [0.05, 0.1) is 5.75 Å². The van der Waals surface area contributed by atoms with E-state index in [1.165, 1.54) is 9.87 Å². The molecule has 1 N–H and O–H groups in total. The molecule has 0 atom stereocenters. The van der Waals surface area contributed by atoms with Gasteiger partial charge in [-0.1, -0.05) is 53.6 Å². The number of carbonyl (C=O) groups is 1. The summed E-state index contributed by atoms with van der Waals surface area (Å²) in [6.07, 6.45) is 1.13. The van der Waals surface area contributed by atoms with Crippen LogP contribution in [-0.2, 0) is 26.3 Å². The van der Waals surface area contributed by atoms with E-state index in [4.69, 9.17) is 11.6 Å². The van der Waals surface area contributed by atoms with Crippen molar-refractivity contribution in [1.82, 2.24) is 9.62 Å². The number of halogens is 1. The number of benzene rings is 2. The van der Waals surface area contributed by atoms with Crippen LogP contribution in [0.1, 0.15) is 29.5 Å². The lowest BCUT2D eigenvalue weighted by atomic mass is 9.97. The molecule has 31 heavy (non-hydrogen) atoms. The zero-order valence-corrected chi connectivity index (χ0v) is 20.1. The highest BCUT2D eigenvalue weighted by molar-refractivity contribution is 7.98. The quantitative estimate of drug-likeness (QED) is 0.545. The largest absolute Gasteiger partial charge is 0.355 e. The standard InChI is InChI=1S/C23H29ClN2O3S2/c1-18-3-2-4-20(15-18)17-31(28,29)26-12-9-21(10-13-26)23(27)25-11-14-30-16-19-5-7-22(24)8-6-19/h2-8,15,21H,9-14,16-17H2,1H3,(H,25,27). The number of rotatable bonds is 9. The molecule has 0 radical (unpaired) electrons. The van der Waals surface area contributed by atoms with Crippen molar-refractivity contribution in [3.05, 3.63) is 70.2 Å². The van der Waals surface area contributed by atoms with Crippen LogP contribution in [0.5, 0.6) is 0 Å². The molecule has 1 aliphatic rings. The Balaban J connectivity index is 1.36. The van der Waals surface area contributed by atoms with Gasteiger partial charge in [-0.3, -0.25) is 4.79 Å². The van der Waals surface area contributed by atoms with Crippen LogP contribution in [0, 0.1) is 12.8 Å². The molecule has 0 unspecified atom stereocenters. The van der Waals surface area contributed by atoms with Gasteiger partial charge in [0.2, 0.25) is 15.9 Å². The third kappa shape index (κ3) is 7.52. The van der Waals surface area contributed by atoms with Crippen molar-refractivity contribution in [2.45, 2.75) is 31.3 Å². The summed E-state index contributed by atoms with van der Waals surface area (Å²) in [5.41, 5.74) is 3.06. The second-order valence-electron chi connectivity index (χ2n) is 7.89. The van der Waals surface area contributed by atoms with Gasteiger partial charge in [0.15, 0.2) is 0 Å². The Morgan fingerprint density at radius 1 is 1.13 bits per heavy atom. The maximum atomic E-state index is 12.7. The Labute approximate surface area is 194 Å². The van der Waals surface area contributed by atoms with Crippen molar-refractivity contribution in [2.75, 3.05) is 25.4 Å². The Kier molecular flexibility index (Phi) is 8.84. The second kappa shape index (κ2) is 11.4. The van der Waals surface area contributed by atoms with E-state index in [1.807, 2.05) is 55.5 Å². The summed E-state index contributed by atoms with van der Waals surface area (Å²) >= 11 is 7.65. The van der Waals surface area contributed by atoms with Gasteiger partial charge in [-0.05, 0) is 43.0 Å². The van der Waals surface area contributed by atoms with E-state index < -0.39 is 10.0 Å². The van der Waals surface area contributed by atoms with Crippen LogP contribution in [-0.4, -0.2) is 44.0 Å². The summed E-state index contributed by atoms with van der Waals surface area (Å²) < 4.78 is 27.0. The number of piperidine rings is 1. The molecule has 0 saturated carbocycles. The summed E-state index contributed by atoms with van der Waals surface area (Å²) in [4.78, 5) is 12.5. The molecule has 1 saturated heterocycles. The number of hydrogen-bond acceptors (Lipinski definition) is 4. The van der Waals surface area contributed by atoms with E-state index in [-0.39, 0.29) is 17.6 Å². The highest BCUT2D eigenvalue weighted by Gasteiger charge is 2.31. The van der Waals surface area contributed by atoms with Gasteiger partial charge in [0, 0.05) is 42.1 Å². The van der Waals surface area contributed by atoms with Crippen LogP contribution < -0.4 is 5.32 Å².